The summed E-state index contributed by atoms with van der Waals surface area (Å²) in [6, 6.07) is 0. The fourth-order valence-electron chi connectivity index (χ4n) is 0. The van der Waals surface area contributed by atoms with Crippen molar-refractivity contribution in [3.63, 3.8) is 0 Å². The van der Waals surface area contributed by atoms with Crippen molar-refractivity contribution in [1.29, 1.82) is 0 Å². The normalized spacial score (nSPS) is 9.10. The van der Waals surface area contributed by atoms with Gasteiger partial charge in [-0.3, -0.25) is 21.1 Å². The molecule has 0 fully saturated rings. The first-order valence-electron chi connectivity index (χ1n) is 2.08. The molecule has 10 heavy (non-hydrogen) atoms. The highest BCUT2D eigenvalue weighted by molar-refractivity contribution is 7.56. The number of carboxylic acid groups (broad SMARTS) is 1. The Kier molecular flexibility index (Phi) is 6.18. The van der Waals surface area contributed by atoms with E-state index < -0.39 is 13.6 Å². The topological polar surface area (TPSA) is 132 Å². The Labute approximate surface area is 58.2 Å². The highest BCUT2D eigenvalue weighted by Crippen LogP contribution is 2.06. The summed E-state index contributed by atoms with van der Waals surface area (Å²) in [6.07, 6.45) is 0.833. The van der Waals surface area contributed by atoms with E-state index in [4.69, 9.17) is 5.11 Å². The van der Waals surface area contributed by atoms with Crippen molar-refractivity contribution in [2.45, 2.75) is 0 Å². The van der Waals surface area contributed by atoms with Gasteiger partial charge >= 0.3 is 5.97 Å². The van der Waals surface area contributed by atoms with Gasteiger partial charge in [0.05, 0.1) is 0 Å². The number of aliphatic carboxylic acids is 1. The summed E-state index contributed by atoms with van der Waals surface area (Å²) < 4.78 is 9.55. The minimum Gasteiger partial charge on any atom is -0.478 e. The number of hydrogen-bond acceptors (Lipinski definition) is 2. The third kappa shape index (κ3) is 168. The fourth-order valence-corrected chi connectivity index (χ4v) is 0. The molecule has 0 unspecified atom stereocenters. The van der Waals surface area contributed by atoms with E-state index in [-0.39, 0.29) is 0 Å². The molecular weight excluding hydrogens is 157 g/mol. The molecule has 6 nitrogen and oxygen atoms in total. The predicted molar refractivity (Wildman–Crippen MR) is 38.0 cm³/mol. The van der Waals surface area contributed by atoms with Gasteiger partial charge in [-0.05, 0) is 0 Å². The highest BCUT2D eigenvalue weighted by atomic mass is 31.2. The van der Waals surface area contributed by atoms with E-state index in [9.17, 15) is 9.36 Å². The van der Waals surface area contributed by atoms with Crippen LogP contribution in [-0.2, 0) is 9.36 Å². The Morgan fingerprint density at radius 3 is 1.60 bits per heavy atom. The average Bonchev–Trinajstić information content (AvgIpc) is 1.61. The summed E-state index contributed by atoms with van der Waals surface area (Å²) in [5.41, 5.74) is 13.4. The minimum atomic E-state index is -3.14. The second kappa shape index (κ2) is 5.13. The summed E-state index contributed by atoms with van der Waals surface area (Å²) >= 11 is 0. The van der Waals surface area contributed by atoms with Gasteiger partial charge in [-0.25, -0.2) is 4.79 Å². The number of rotatable bonds is 1. The molecule has 0 aliphatic carbocycles. The van der Waals surface area contributed by atoms with Crippen LogP contribution in [0, 0.1) is 0 Å². The third-order valence-corrected chi connectivity index (χ3v) is 0.175. The molecule has 0 aromatic rings. The molecular formula is C3H10N3O3P. The number of hydrogen-bond donors (Lipinski definition) is 4. The average molecular weight is 167 g/mol. The molecule has 7 heteroatoms. The van der Waals surface area contributed by atoms with Gasteiger partial charge in [0.2, 0.25) is 0 Å². The maximum absolute atomic E-state index is 9.55. The summed E-state index contributed by atoms with van der Waals surface area (Å²) in [5, 5.41) is 7.60. The van der Waals surface area contributed by atoms with Crippen molar-refractivity contribution in [3.8, 4) is 0 Å². The van der Waals surface area contributed by atoms with Gasteiger partial charge in [-0.15, -0.1) is 0 Å². The van der Waals surface area contributed by atoms with E-state index in [1.165, 1.54) is 0 Å². The summed E-state index contributed by atoms with van der Waals surface area (Å²) in [5.74, 6) is -0.981. The Bertz CT molecular complexity index is 154. The molecule has 0 amide bonds. The third-order valence-electron chi connectivity index (χ3n) is 0.175. The number of nitrogens with two attached hydrogens (primary N) is 3. The molecule has 0 saturated carbocycles. The first kappa shape index (κ1) is 12.0. The lowest BCUT2D eigenvalue weighted by Gasteiger charge is -1.88. The Balaban J connectivity index is 0. The maximum Gasteiger partial charge on any atom is 0.327 e. The summed E-state index contributed by atoms with van der Waals surface area (Å²) in [6.45, 7) is 2.96. The van der Waals surface area contributed by atoms with E-state index in [1.807, 2.05) is 0 Å². The molecule has 0 heterocycles. The van der Waals surface area contributed by atoms with Crippen molar-refractivity contribution in [1.82, 2.24) is 0 Å². The monoisotopic (exact) mass is 167 g/mol. The smallest absolute Gasteiger partial charge is 0.327 e. The van der Waals surface area contributed by atoms with Crippen LogP contribution in [0.25, 0.3) is 0 Å². The van der Waals surface area contributed by atoms with E-state index in [1.54, 1.807) is 0 Å². The van der Waals surface area contributed by atoms with Crippen LogP contribution in [0.2, 0.25) is 0 Å². The van der Waals surface area contributed by atoms with Crippen LogP contribution in [0.1, 0.15) is 0 Å². The molecule has 0 atom stereocenters. The molecule has 60 valence electrons. The minimum absolute atomic E-state index is 0.833. The lowest BCUT2D eigenvalue weighted by Crippen LogP contribution is -2.12. The van der Waals surface area contributed by atoms with Crippen LogP contribution in [0.3, 0.4) is 0 Å². The van der Waals surface area contributed by atoms with Gasteiger partial charge in [0, 0.05) is 6.08 Å². The van der Waals surface area contributed by atoms with Gasteiger partial charge < -0.3 is 5.11 Å². The van der Waals surface area contributed by atoms with Crippen molar-refractivity contribution < 1.29 is 14.5 Å². The van der Waals surface area contributed by atoms with Crippen molar-refractivity contribution in [3.05, 3.63) is 12.7 Å². The zero-order valence-electron chi connectivity index (χ0n) is 5.23. The standard InChI is InChI=1S/C3H4O2.H6N3OP/c1-2-3(4)5;1-5(2,3)4/h2H,1H2,(H,4,5);(H6,1,2,3,4). The van der Waals surface area contributed by atoms with Crippen LogP contribution < -0.4 is 16.5 Å². The molecule has 0 rings (SSSR count). The zero-order chi connectivity index (χ0) is 8.78. The van der Waals surface area contributed by atoms with Crippen molar-refractivity contribution >= 4 is 13.6 Å². The van der Waals surface area contributed by atoms with E-state index in [0.717, 1.165) is 6.08 Å². The Morgan fingerprint density at radius 2 is 1.60 bits per heavy atom. The summed E-state index contributed by atoms with van der Waals surface area (Å²) in [7, 11) is -3.14. The molecule has 0 aliphatic rings. The number of carbonyl (C=O) groups is 1. The van der Waals surface area contributed by atoms with E-state index in [2.05, 4.69) is 23.1 Å². The first-order chi connectivity index (χ1) is 4.27. The van der Waals surface area contributed by atoms with Gasteiger partial charge in [0.25, 0.3) is 7.59 Å². The quantitative estimate of drug-likeness (QED) is 0.299. The number of carboxylic acids is 1. The van der Waals surface area contributed by atoms with Crippen LogP contribution >= 0.6 is 7.59 Å². The Morgan fingerprint density at radius 1 is 1.50 bits per heavy atom. The molecule has 0 saturated heterocycles. The van der Waals surface area contributed by atoms with Gasteiger partial charge in [0.1, 0.15) is 0 Å². The van der Waals surface area contributed by atoms with E-state index >= 15 is 0 Å². The zero-order valence-corrected chi connectivity index (χ0v) is 6.12. The van der Waals surface area contributed by atoms with Crippen molar-refractivity contribution in [2.24, 2.45) is 16.5 Å². The maximum atomic E-state index is 9.55. The van der Waals surface area contributed by atoms with Crippen molar-refractivity contribution in [2.75, 3.05) is 0 Å². The Hall–Kier alpha value is -0.680. The predicted octanol–water partition coefficient (Wildman–Crippen LogP) is -0.772. The first-order valence-corrected chi connectivity index (χ1v) is 4.00. The molecule has 0 aromatic carbocycles. The van der Waals surface area contributed by atoms with Crippen LogP contribution in [0.4, 0.5) is 0 Å². The largest absolute Gasteiger partial charge is 0.478 e. The van der Waals surface area contributed by atoms with Gasteiger partial charge in [-0.1, -0.05) is 6.58 Å². The van der Waals surface area contributed by atoms with Crippen LogP contribution in [0.5, 0.6) is 0 Å². The molecule has 0 radical (unpaired) electrons. The molecule has 0 aliphatic heterocycles. The highest BCUT2D eigenvalue weighted by Gasteiger charge is 1.90. The molecule has 0 bridgehead atoms. The van der Waals surface area contributed by atoms with Crippen LogP contribution in [0.15, 0.2) is 12.7 Å². The van der Waals surface area contributed by atoms with E-state index in [0.29, 0.717) is 0 Å². The van der Waals surface area contributed by atoms with Gasteiger partial charge in [-0.2, -0.15) is 0 Å². The molecule has 7 N–H and O–H groups in total. The lowest BCUT2D eigenvalue weighted by atomic mass is 10.7. The SMILES string of the molecule is C=CC(=O)O.NP(N)(N)=O. The lowest BCUT2D eigenvalue weighted by molar-refractivity contribution is -0.131. The fraction of sp³-hybridized carbons (Fsp3) is 0. The van der Waals surface area contributed by atoms with Gasteiger partial charge in [0.15, 0.2) is 0 Å². The summed E-state index contributed by atoms with van der Waals surface area (Å²) in [4.78, 5) is 9.25. The molecule has 0 aromatic heterocycles. The van der Waals surface area contributed by atoms with Crippen LogP contribution in [-0.4, -0.2) is 11.1 Å². The second-order valence-corrected chi connectivity index (χ2v) is 2.83. The molecule has 0 spiro atoms. The second-order valence-electron chi connectivity index (χ2n) is 1.31.